The molecule has 16 heavy (non-hydrogen) atoms. The van der Waals surface area contributed by atoms with Gasteiger partial charge in [-0.1, -0.05) is 13.0 Å². The van der Waals surface area contributed by atoms with Crippen molar-refractivity contribution in [3.8, 4) is 0 Å². The molecule has 1 N–H and O–H groups in total. The van der Waals surface area contributed by atoms with Crippen molar-refractivity contribution >= 4 is 22.9 Å². The van der Waals surface area contributed by atoms with Crippen molar-refractivity contribution in [3.63, 3.8) is 0 Å². The van der Waals surface area contributed by atoms with Crippen LogP contribution in [0.2, 0.25) is 5.22 Å². The predicted molar refractivity (Wildman–Crippen MR) is 68.2 cm³/mol. The number of hydrogen-bond acceptors (Lipinski definition) is 3. The van der Waals surface area contributed by atoms with Crippen molar-refractivity contribution in [1.82, 2.24) is 5.32 Å². The lowest BCUT2D eigenvalue weighted by atomic mass is 10.1. The molecule has 2 heterocycles. The Morgan fingerprint density at radius 1 is 1.50 bits per heavy atom. The fourth-order valence-electron chi connectivity index (χ4n) is 1.72. The summed E-state index contributed by atoms with van der Waals surface area (Å²) in [6, 6.07) is 6.38. The fourth-order valence-corrected chi connectivity index (χ4v) is 2.72. The van der Waals surface area contributed by atoms with Crippen molar-refractivity contribution < 1.29 is 4.42 Å². The Morgan fingerprint density at radius 2 is 2.38 bits per heavy atom. The van der Waals surface area contributed by atoms with Crippen LogP contribution in [0.4, 0.5) is 0 Å². The molecule has 0 radical (unpaired) electrons. The fraction of sp³-hybridized carbons (Fsp3) is 0.333. The molecule has 0 aliphatic rings. The molecular formula is C12H14ClNOS. The van der Waals surface area contributed by atoms with Gasteiger partial charge in [-0.25, -0.2) is 0 Å². The third-order valence-corrected chi connectivity index (χ3v) is 3.66. The highest BCUT2D eigenvalue weighted by molar-refractivity contribution is 7.09. The highest BCUT2D eigenvalue weighted by Crippen LogP contribution is 2.27. The van der Waals surface area contributed by atoms with Gasteiger partial charge in [0.2, 0.25) is 0 Å². The average molecular weight is 256 g/mol. The molecule has 0 amide bonds. The summed E-state index contributed by atoms with van der Waals surface area (Å²) in [5.74, 6) is 0. The molecule has 0 aliphatic carbocycles. The van der Waals surface area contributed by atoms with Gasteiger partial charge in [-0.15, -0.1) is 11.3 Å². The minimum atomic E-state index is 0.231. The first-order chi connectivity index (χ1) is 7.81. The number of thiophene rings is 1. The van der Waals surface area contributed by atoms with E-state index in [0.29, 0.717) is 5.22 Å². The SMILES string of the molecule is CCNC(Cc1cccs1)c1ccoc1Cl. The van der Waals surface area contributed by atoms with Crippen LogP contribution in [0.1, 0.15) is 23.4 Å². The first kappa shape index (κ1) is 11.7. The van der Waals surface area contributed by atoms with Gasteiger partial charge < -0.3 is 9.73 Å². The van der Waals surface area contributed by atoms with Crippen LogP contribution in [0, 0.1) is 0 Å². The zero-order valence-electron chi connectivity index (χ0n) is 9.07. The molecule has 0 saturated carbocycles. The van der Waals surface area contributed by atoms with Crippen molar-refractivity contribution in [2.45, 2.75) is 19.4 Å². The normalized spacial score (nSPS) is 12.9. The topological polar surface area (TPSA) is 25.2 Å². The largest absolute Gasteiger partial charge is 0.453 e. The van der Waals surface area contributed by atoms with Gasteiger partial charge in [0, 0.05) is 22.9 Å². The maximum absolute atomic E-state index is 6.01. The predicted octanol–water partition coefficient (Wildman–Crippen LogP) is 3.89. The van der Waals surface area contributed by atoms with Gasteiger partial charge in [0.25, 0.3) is 0 Å². The second kappa shape index (κ2) is 5.53. The summed E-state index contributed by atoms with van der Waals surface area (Å²) >= 11 is 7.77. The lowest BCUT2D eigenvalue weighted by Gasteiger charge is -2.15. The molecule has 0 aliphatic heterocycles. The number of rotatable bonds is 5. The van der Waals surface area contributed by atoms with Crippen LogP contribution in [0.5, 0.6) is 0 Å². The van der Waals surface area contributed by atoms with Crippen LogP contribution >= 0.6 is 22.9 Å². The lowest BCUT2D eigenvalue weighted by molar-refractivity contribution is 0.528. The minimum absolute atomic E-state index is 0.231. The summed E-state index contributed by atoms with van der Waals surface area (Å²) in [6.45, 7) is 3.01. The zero-order chi connectivity index (χ0) is 11.4. The molecule has 2 rings (SSSR count). The summed E-state index contributed by atoms with van der Waals surface area (Å²) in [7, 11) is 0. The number of nitrogens with one attached hydrogen (secondary N) is 1. The van der Waals surface area contributed by atoms with E-state index in [2.05, 4.69) is 29.8 Å². The Kier molecular flexibility index (Phi) is 4.04. The molecule has 1 atom stereocenters. The second-order valence-electron chi connectivity index (χ2n) is 3.54. The molecule has 0 spiro atoms. The van der Waals surface area contributed by atoms with Crippen LogP contribution in [0.3, 0.4) is 0 Å². The monoisotopic (exact) mass is 255 g/mol. The van der Waals surface area contributed by atoms with Gasteiger partial charge in [0.05, 0.1) is 6.26 Å². The maximum Gasteiger partial charge on any atom is 0.197 e. The molecule has 0 fully saturated rings. The molecule has 0 saturated heterocycles. The van der Waals surface area contributed by atoms with E-state index in [1.54, 1.807) is 17.6 Å². The van der Waals surface area contributed by atoms with E-state index in [4.69, 9.17) is 16.0 Å². The number of hydrogen-bond donors (Lipinski definition) is 1. The summed E-state index contributed by atoms with van der Waals surface area (Å²) < 4.78 is 5.14. The van der Waals surface area contributed by atoms with Crippen LogP contribution < -0.4 is 5.32 Å². The molecule has 2 aromatic heterocycles. The molecule has 0 aromatic carbocycles. The zero-order valence-corrected chi connectivity index (χ0v) is 10.6. The van der Waals surface area contributed by atoms with Crippen LogP contribution in [-0.4, -0.2) is 6.54 Å². The molecule has 2 aromatic rings. The van der Waals surface area contributed by atoms with E-state index in [-0.39, 0.29) is 6.04 Å². The minimum Gasteiger partial charge on any atom is -0.453 e. The molecule has 0 bridgehead atoms. The Morgan fingerprint density at radius 3 is 2.94 bits per heavy atom. The van der Waals surface area contributed by atoms with Gasteiger partial charge in [0.15, 0.2) is 5.22 Å². The van der Waals surface area contributed by atoms with Crippen LogP contribution in [0.15, 0.2) is 34.3 Å². The van der Waals surface area contributed by atoms with E-state index in [1.807, 2.05) is 6.07 Å². The van der Waals surface area contributed by atoms with E-state index in [0.717, 1.165) is 18.5 Å². The van der Waals surface area contributed by atoms with Crippen LogP contribution in [0.25, 0.3) is 0 Å². The first-order valence-corrected chi connectivity index (χ1v) is 6.55. The maximum atomic E-state index is 6.01. The van der Waals surface area contributed by atoms with Gasteiger partial charge in [-0.3, -0.25) is 0 Å². The molecule has 2 nitrogen and oxygen atoms in total. The first-order valence-electron chi connectivity index (χ1n) is 5.30. The molecule has 4 heteroatoms. The molecule has 1 unspecified atom stereocenters. The van der Waals surface area contributed by atoms with Crippen molar-refractivity contribution in [3.05, 3.63) is 45.5 Å². The Labute approximate surface area is 104 Å². The standard InChI is InChI=1S/C12H14ClNOS/c1-2-14-11(8-9-4-3-7-16-9)10-5-6-15-12(10)13/h3-7,11,14H,2,8H2,1H3. The molecular weight excluding hydrogens is 242 g/mol. The van der Waals surface area contributed by atoms with Gasteiger partial charge in [-0.2, -0.15) is 0 Å². The van der Waals surface area contributed by atoms with Gasteiger partial charge in [0.1, 0.15) is 0 Å². The average Bonchev–Trinajstić information content (AvgIpc) is 2.88. The van der Waals surface area contributed by atoms with E-state index >= 15 is 0 Å². The number of halogens is 1. The third kappa shape index (κ3) is 2.67. The van der Waals surface area contributed by atoms with Crippen molar-refractivity contribution in [1.29, 1.82) is 0 Å². The summed E-state index contributed by atoms with van der Waals surface area (Å²) in [5, 5.41) is 6.01. The highest BCUT2D eigenvalue weighted by Gasteiger charge is 2.16. The van der Waals surface area contributed by atoms with E-state index in [9.17, 15) is 0 Å². The van der Waals surface area contributed by atoms with Crippen molar-refractivity contribution in [2.24, 2.45) is 0 Å². The quantitative estimate of drug-likeness (QED) is 0.877. The number of likely N-dealkylation sites (N-methyl/N-ethyl adjacent to an activating group) is 1. The Hall–Kier alpha value is -0.770. The molecule has 86 valence electrons. The highest BCUT2D eigenvalue weighted by atomic mass is 35.5. The van der Waals surface area contributed by atoms with Gasteiger partial charge >= 0.3 is 0 Å². The second-order valence-corrected chi connectivity index (χ2v) is 4.92. The smallest absolute Gasteiger partial charge is 0.197 e. The van der Waals surface area contributed by atoms with Gasteiger partial charge in [-0.05, 0) is 35.7 Å². The Bertz CT molecular complexity index is 424. The number of furan rings is 1. The van der Waals surface area contributed by atoms with E-state index < -0.39 is 0 Å². The summed E-state index contributed by atoms with van der Waals surface area (Å²) in [5.41, 5.74) is 1.04. The third-order valence-electron chi connectivity index (χ3n) is 2.46. The summed E-state index contributed by atoms with van der Waals surface area (Å²) in [4.78, 5) is 1.35. The Balaban J connectivity index is 2.14. The lowest BCUT2D eigenvalue weighted by Crippen LogP contribution is -2.22. The van der Waals surface area contributed by atoms with Crippen LogP contribution in [-0.2, 0) is 6.42 Å². The van der Waals surface area contributed by atoms with Crippen molar-refractivity contribution in [2.75, 3.05) is 6.54 Å². The van der Waals surface area contributed by atoms with E-state index in [1.165, 1.54) is 4.88 Å². The summed E-state index contributed by atoms with van der Waals surface area (Å²) in [6.07, 6.45) is 2.58.